The number of hydrogen-bond donors (Lipinski definition) is 0. The molecule has 1 fully saturated rings. The van der Waals surface area contributed by atoms with Gasteiger partial charge in [-0.1, -0.05) is 44.7 Å². The highest BCUT2D eigenvalue weighted by molar-refractivity contribution is 5.79. The number of benzene rings is 1. The lowest BCUT2D eigenvalue weighted by Crippen LogP contribution is -2.44. The Labute approximate surface area is 156 Å². The van der Waals surface area contributed by atoms with E-state index in [1.807, 2.05) is 29.2 Å². The van der Waals surface area contributed by atoms with Gasteiger partial charge in [-0.2, -0.15) is 0 Å². The van der Waals surface area contributed by atoms with Crippen LogP contribution in [-0.2, 0) is 20.7 Å². The molecular formula is C21H31NO4. The van der Waals surface area contributed by atoms with E-state index < -0.39 is 0 Å². The van der Waals surface area contributed by atoms with Crippen LogP contribution in [0, 0.1) is 0 Å². The minimum atomic E-state index is -0.285. The Kier molecular flexibility index (Phi) is 8.45. The molecule has 0 aromatic heterocycles. The van der Waals surface area contributed by atoms with Crippen molar-refractivity contribution in [3.8, 4) is 5.75 Å². The average molecular weight is 361 g/mol. The maximum absolute atomic E-state index is 12.8. The number of rotatable bonds is 8. The van der Waals surface area contributed by atoms with Gasteiger partial charge in [0, 0.05) is 12.6 Å². The molecule has 1 aliphatic carbocycles. The predicted molar refractivity (Wildman–Crippen MR) is 101 cm³/mol. The molecule has 26 heavy (non-hydrogen) atoms. The molecule has 1 aliphatic rings. The Bertz CT molecular complexity index is 562. The molecule has 0 unspecified atom stereocenters. The molecule has 0 radical (unpaired) electrons. The summed E-state index contributed by atoms with van der Waals surface area (Å²) in [6.45, 7) is 2.50. The highest BCUT2D eigenvalue weighted by atomic mass is 16.5. The fraction of sp³-hybridized carbons (Fsp3) is 0.619. The van der Waals surface area contributed by atoms with E-state index in [1.54, 1.807) is 0 Å². The molecule has 0 heterocycles. The number of ether oxygens (including phenoxy) is 2. The minimum absolute atomic E-state index is 0.00312. The van der Waals surface area contributed by atoms with Crippen molar-refractivity contribution in [1.29, 1.82) is 0 Å². The van der Waals surface area contributed by atoms with Crippen LogP contribution in [0.5, 0.6) is 5.75 Å². The molecule has 5 heteroatoms. The van der Waals surface area contributed by atoms with Crippen LogP contribution < -0.4 is 4.74 Å². The maximum Gasteiger partial charge on any atom is 0.307 e. The fourth-order valence-corrected chi connectivity index (χ4v) is 3.44. The van der Waals surface area contributed by atoms with Gasteiger partial charge in [0.1, 0.15) is 5.75 Å². The monoisotopic (exact) mass is 361 g/mol. The third-order valence-corrected chi connectivity index (χ3v) is 5.06. The van der Waals surface area contributed by atoms with Crippen molar-refractivity contribution in [2.75, 3.05) is 20.3 Å². The lowest BCUT2D eigenvalue weighted by Gasteiger charge is -2.31. The van der Waals surface area contributed by atoms with Gasteiger partial charge in [0.25, 0.3) is 5.91 Å². The summed E-state index contributed by atoms with van der Waals surface area (Å²) in [5.74, 6) is 0.359. The number of carbonyl (C=O) groups excluding carboxylic acids is 2. The van der Waals surface area contributed by atoms with Gasteiger partial charge in [0.15, 0.2) is 6.61 Å². The van der Waals surface area contributed by atoms with E-state index >= 15 is 0 Å². The molecule has 0 aliphatic heterocycles. The van der Waals surface area contributed by atoms with Crippen molar-refractivity contribution >= 4 is 11.9 Å². The van der Waals surface area contributed by atoms with Crippen LogP contribution in [0.2, 0.25) is 0 Å². The van der Waals surface area contributed by atoms with Crippen LogP contribution in [0.3, 0.4) is 0 Å². The van der Waals surface area contributed by atoms with E-state index in [0.29, 0.717) is 12.3 Å². The summed E-state index contributed by atoms with van der Waals surface area (Å²) in [7, 11) is 1.38. The number of esters is 1. The standard InChI is InChI=1S/C21H31NO4/c1-3-17-10-12-19(13-11-17)26-16-20(23)22(15-14-21(24)25-2)18-8-6-4-5-7-9-18/h10-13,18H,3-9,14-16H2,1-2H3. The van der Waals surface area contributed by atoms with Gasteiger partial charge in [-0.05, 0) is 37.0 Å². The first kappa shape index (κ1) is 20.3. The number of methoxy groups -OCH3 is 1. The van der Waals surface area contributed by atoms with Gasteiger partial charge in [-0.3, -0.25) is 9.59 Å². The normalized spacial score (nSPS) is 15.2. The van der Waals surface area contributed by atoms with Gasteiger partial charge in [0.05, 0.1) is 13.5 Å². The molecule has 0 N–H and O–H groups in total. The first-order valence-electron chi connectivity index (χ1n) is 9.72. The Hall–Kier alpha value is -2.04. The number of aryl methyl sites for hydroxylation is 1. The zero-order valence-electron chi connectivity index (χ0n) is 16.0. The predicted octanol–water partition coefficient (Wildman–Crippen LogP) is 3.74. The van der Waals surface area contributed by atoms with E-state index in [2.05, 4.69) is 6.92 Å². The smallest absolute Gasteiger partial charge is 0.307 e. The molecule has 1 aromatic rings. The molecule has 0 bridgehead atoms. The summed E-state index contributed by atoms with van der Waals surface area (Å²) in [5, 5.41) is 0. The first-order valence-corrected chi connectivity index (χ1v) is 9.72. The minimum Gasteiger partial charge on any atom is -0.484 e. The zero-order valence-corrected chi connectivity index (χ0v) is 16.0. The number of hydrogen-bond acceptors (Lipinski definition) is 4. The van der Waals surface area contributed by atoms with E-state index in [1.165, 1.54) is 25.5 Å². The number of carbonyl (C=O) groups is 2. The molecule has 0 atom stereocenters. The van der Waals surface area contributed by atoms with Crippen molar-refractivity contribution in [2.24, 2.45) is 0 Å². The van der Waals surface area contributed by atoms with Gasteiger partial charge < -0.3 is 14.4 Å². The molecule has 1 aromatic carbocycles. The van der Waals surface area contributed by atoms with Crippen molar-refractivity contribution < 1.29 is 19.1 Å². The molecule has 144 valence electrons. The van der Waals surface area contributed by atoms with Gasteiger partial charge in [0.2, 0.25) is 0 Å². The van der Waals surface area contributed by atoms with E-state index in [4.69, 9.17) is 9.47 Å². The summed E-state index contributed by atoms with van der Waals surface area (Å²) in [4.78, 5) is 26.2. The summed E-state index contributed by atoms with van der Waals surface area (Å²) in [6, 6.07) is 8.02. The second kappa shape index (κ2) is 10.8. The van der Waals surface area contributed by atoms with E-state index in [9.17, 15) is 9.59 Å². The maximum atomic E-state index is 12.8. The topological polar surface area (TPSA) is 55.8 Å². The SMILES string of the molecule is CCc1ccc(OCC(=O)N(CCC(=O)OC)C2CCCCCC2)cc1. The Balaban J connectivity index is 1.96. The lowest BCUT2D eigenvalue weighted by molar-refractivity contribution is -0.143. The van der Waals surface area contributed by atoms with Gasteiger partial charge in [-0.25, -0.2) is 0 Å². The van der Waals surface area contributed by atoms with Crippen LogP contribution in [0.1, 0.15) is 57.4 Å². The number of nitrogens with zero attached hydrogens (tertiary/aromatic N) is 1. The largest absolute Gasteiger partial charge is 0.484 e. The summed E-state index contributed by atoms with van der Waals surface area (Å²) < 4.78 is 10.4. The molecule has 1 saturated carbocycles. The van der Waals surface area contributed by atoms with Gasteiger partial charge in [-0.15, -0.1) is 0 Å². The van der Waals surface area contributed by atoms with Crippen molar-refractivity contribution in [2.45, 2.75) is 64.3 Å². The molecule has 5 nitrogen and oxygen atoms in total. The van der Waals surface area contributed by atoms with Crippen LogP contribution >= 0.6 is 0 Å². The van der Waals surface area contributed by atoms with E-state index in [-0.39, 0.29) is 30.9 Å². The number of amides is 1. The molecule has 2 rings (SSSR count). The highest BCUT2D eigenvalue weighted by Gasteiger charge is 2.25. The van der Waals surface area contributed by atoms with Crippen molar-refractivity contribution in [1.82, 2.24) is 4.90 Å². The Morgan fingerprint density at radius 1 is 1.08 bits per heavy atom. The molecule has 0 saturated heterocycles. The summed E-state index contributed by atoms with van der Waals surface area (Å²) in [6.07, 6.45) is 7.89. The van der Waals surface area contributed by atoms with Crippen LogP contribution in [0.4, 0.5) is 0 Å². The third-order valence-electron chi connectivity index (χ3n) is 5.06. The second-order valence-corrected chi connectivity index (χ2v) is 6.84. The van der Waals surface area contributed by atoms with E-state index in [0.717, 1.165) is 32.1 Å². The van der Waals surface area contributed by atoms with Gasteiger partial charge >= 0.3 is 5.97 Å². The quantitative estimate of drug-likeness (QED) is 0.523. The lowest BCUT2D eigenvalue weighted by atomic mass is 10.1. The Morgan fingerprint density at radius 3 is 2.31 bits per heavy atom. The summed E-state index contributed by atoms with van der Waals surface area (Å²) in [5.41, 5.74) is 1.24. The van der Waals surface area contributed by atoms with Crippen molar-refractivity contribution in [3.05, 3.63) is 29.8 Å². The molecule has 1 amide bonds. The zero-order chi connectivity index (χ0) is 18.8. The van der Waals surface area contributed by atoms with Crippen LogP contribution in [0.15, 0.2) is 24.3 Å². The van der Waals surface area contributed by atoms with Crippen molar-refractivity contribution in [3.63, 3.8) is 0 Å². The fourth-order valence-electron chi connectivity index (χ4n) is 3.44. The third kappa shape index (κ3) is 6.36. The highest BCUT2D eigenvalue weighted by Crippen LogP contribution is 2.23. The van der Waals surface area contributed by atoms with Crippen LogP contribution in [0.25, 0.3) is 0 Å². The first-order chi connectivity index (χ1) is 12.6. The van der Waals surface area contributed by atoms with Crippen LogP contribution in [-0.4, -0.2) is 43.1 Å². The molecular weight excluding hydrogens is 330 g/mol. The molecule has 0 spiro atoms. The Morgan fingerprint density at radius 2 is 1.73 bits per heavy atom. The second-order valence-electron chi connectivity index (χ2n) is 6.84. The average Bonchev–Trinajstić information content (AvgIpc) is 2.96. The summed E-state index contributed by atoms with van der Waals surface area (Å²) >= 11 is 0.